The minimum Gasteiger partial charge on any atom is -0.493 e. The van der Waals surface area contributed by atoms with Gasteiger partial charge in [0.2, 0.25) is 5.91 Å². The van der Waals surface area contributed by atoms with Crippen LogP contribution in [0.15, 0.2) is 47.3 Å². The van der Waals surface area contributed by atoms with Gasteiger partial charge < -0.3 is 19.8 Å². The molecule has 3 rings (SSSR count). The van der Waals surface area contributed by atoms with Crippen LogP contribution in [0.1, 0.15) is 22.3 Å². The number of fused-ring (bicyclic) bond motifs is 1. The van der Waals surface area contributed by atoms with Gasteiger partial charge >= 0.3 is 0 Å². The molecule has 6 heteroatoms. The molecule has 0 saturated carbocycles. The molecule has 0 atom stereocenters. The summed E-state index contributed by atoms with van der Waals surface area (Å²) >= 11 is 0. The van der Waals surface area contributed by atoms with E-state index in [0.717, 1.165) is 27.6 Å². The first kappa shape index (κ1) is 21.2. The second kappa shape index (κ2) is 9.31. The minimum absolute atomic E-state index is 0.119. The number of rotatable bonds is 7. The molecule has 0 aliphatic rings. The topological polar surface area (TPSA) is 80.4 Å². The third-order valence-electron chi connectivity index (χ3n) is 5.16. The largest absolute Gasteiger partial charge is 0.493 e. The Kier molecular flexibility index (Phi) is 6.57. The van der Waals surface area contributed by atoms with Gasteiger partial charge in [0.05, 0.1) is 19.7 Å². The Hall–Kier alpha value is -3.54. The summed E-state index contributed by atoms with van der Waals surface area (Å²) in [6.07, 6.45) is 3.61. The standard InChI is InChI=1S/C24H26N2O4/c1-15-5-8-18-14-19(24(28)26-23(18)16(15)2)11-12-25-22(27)10-7-17-6-9-20(29-3)21(13-17)30-4/h5-10,13-14H,11-12H2,1-4H3,(H,25,27)(H,26,28). The van der Waals surface area contributed by atoms with E-state index in [2.05, 4.69) is 10.3 Å². The summed E-state index contributed by atoms with van der Waals surface area (Å²) in [6.45, 7) is 4.39. The second-order valence-corrected chi connectivity index (χ2v) is 7.08. The van der Waals surface area contributed by atoms with Crippen LogP contribution in [0.2, 0.25) is 0 Å². The number of hydrogen-bond acceptors (Lipinski definition) is 4. The van der Waals surface area contributed by atoms with Crippen LogP contribution in [0.3, 0.4) is 0 Å². The lowest BCUT2D eigenvalue weighted by molar-refractivity contribution is -0.116. The molecule has 156 valence electrons. The van der Waals surface area contributed by atoms with E-state index in [9.17, 15) is 9.59 Å². The van der Waals surface area contributed by atoms with Crippen molar-refractivity contribution in [2.75, 3.05) is 20.8 Å². The van der Waals surface area contributed by atoms with E-state index in [0.29, 0.717) is 30.0 Å². The predicted molar refractivity (Wildman–Crippen MR) is 119 cm³/mol. The van der Waals surface area contributed by atoms with Crippen LogP contribution in [-0.2, 0) is 11.2 Å². The number of benzene rings is 2. The zero-order valence-corrected chi connectivity index (χ0v) is 17.7. The van der Waals surface area contributed by atoms with Crippen molar-refractivity contribution >= 4 is 22.9 Å². The van der Waals surface area contributed by atoms with Gasteiger partial charge in [0.25, 0.3) is 5.56 Å². The molecule has 1 aromatic heterocycles. The Morgan fingerprint density at radius 1 is 1.07 bits per heavy atom. The van der Waals surface area contributed by atoms with Gasteiger partial charge in [-0.25, -0.2) is 0 Å². The number of amides is 1. The highest BCUT2D eigenvalue weighted by atomic mass is 16.5. The SMILES string of the molecule is COc1ccc(C=CC(=O)NCCc2cc3ccc(C)c(C)c3[nH]c2=O)cc1OC. The van der Waals surface area contributed by atoms with Crippen LogP contribution in [0, 0.1) is 13.8 Å². The Bertz CT molecular complexity index is 1160. The van der Waals surface area contributed by atoms with Crippen LogP contribution in [-0.4, -0.2) is 31.7 Å². The molecule has 0 bridgehead atoms. The molecule has 1 heterocycles. The van der Waals surface area contributed by atoms with Crippen molar-refractivity contribution in [2.45, 2.75) is 20.3 Å². The van der Waals surface area contributed by atoms with Gasteiger partial charge in [0.15, 0.2) is 11.5 Å². The molecule has 0 spiro atoms. The number of carbonyl (C=O) groups is 1. The van der Waals surface area contributed by atoms with E-state index in [1.165, 1.54) is 6.08 Å². The molecule has 2 N–H and O–H groups in total. The predicted octanol–water partition coefficient (Wildman–Crippen LogP) is 3.53. The van der Waals surface area contributed by atoms with Crippen molar-refractivity contribution in [2.24, 2.45) is 0 Å². The van der Waals surface area contributed by atoms with Crippen molar-refractivity contribution in [3.63, 3.8) is 0 Å². The van der Waals surface area contributed by atoms with Crippen molar-refractivity contribution < 1.29 is 14.3 Å². The molecule has 0 radical (unpaired) electrons. The summed E-state index contributed by atoms with van der Waals surface area (Å²) in [6, 6.07) is 11.4. The monoisotopic (exact) mass is 406 g/mol. The zero-order valence-electron chi connectivity index (χ0n) is 17.7. The molecule has 1 amide bonds. The quantitative estimate of drug-likeness (QED) is 0.588. The van der Waals surface area contributed by atoms with Gasteiger partial charge in [-0.15, -0.1) is 0 Å². The number of aryl methyl sites for hydroxylation is 2. The number of hydrogen-bond donors (Lipinski definition) is 2. The van der Waals surface area contributed by atoms with Crippen molar-refractivity contribution in [1.82, 2.24) is 10.3 Å². The summed E-state index contributed by atoms with van der Waals surface area (Å²) in [5.74, 6) is 1.000. The lowest BCUT2D eigenvalue weighted by Gasteiger charge is -2.08. The molecule has 0 unspecified atom stereocenters. The number of nitrogens with one attached hydrogen (secondary N) is 2. The zero-order chi connectivity index (χ0) is 21.7. The van der Waals surface area contributed by atoms with Crippen molar-refractivity contribution in [1.29, 1.82) is 0 Å². The smallest absolute Gasteiger partial charge is 0.251 e. The maximum Gasteiger partial charge on any atom is 0.251 e. The van der Waals surface area contributed by atoms with Crippen molar-refractivity contribution in [3.05, 3.63) is 75.1 Å². The highest BCUT2D eigenvalue weighted by Gasteiger charge is 2.07. The summed E-state index contributed by atoms with van der Waals surface area (Å²) in [5.41, 5.74) is 4.43. The minimum atomic E-state index is -0.228. The first-order valence-corrected chi connectivity index (χ1v) is 9.73. The number of pyridine rings is 1. The molecule has 6 nitrogen and oxygen atoms in total. The number of aromatic amines is 1. The Morgan fingerprint density at radius 2 is 1.83 bits per heavy atom. The molecule has 2 aromatic carbocycles. The highest BCUT2D eigenvalue weighted by Crippen LogP contribution is 2.27. The summed E-state index contributed by atoms with van der Waals surface area (Å²) in [5, 5.41) is 3.81. The fourth-order valence-corrected chi connectivity index (χ4v) is 3.26. The lowest BCUT2D eigenvalue weighted by Crippen LogP contribution is -2.25. The number of methoxy groups -OCH3 is 2. The van der Waals surface area contributed by atoms with Crippen LogP contribution in [0.5, 0.6) is 11.5 Å². The molecule has 0 fully saturated rings. The van der Waals surface area contributed by atoms with E-state index >= 15 is 0 Å². The first-order chi connectivity index (χ1) is 14.4. The average molecular weight is 406 g/mol. The van der Waals surface area contributed by atoms with Gasteiger partial charge in [-0.05, 0) is 66.6 Å². The van der Waals surface area contributed by atoms with Gasteiger partial charge in [-0.3, -0.25) is 9.59 Å². The molecule has 30 heavy (non-hydrogen) atoms. The van der Waals surface area contributed by atoms with E-state index < -0.39 is 0 Å². The maximum atomic E-state index is 12.4. The summed E-state index contributed by atoms with van der Waals surface area (Å²) in [4.78, 5) is 27.5. The molecule has 0 aliphatic carbocycles. The maximum absolute atomic E-state index is 12.4. The van der Waals surface area contributed by atoms with Crippen LogP contribution < -0.4 is 20.3 Å². The number of carbonyl (C=O) groups excluding carboxylic acids is 1. The third-order valence-corrected chi connectivity index (χ3v) is 5.16. The molecule has 3 aromatic rings. The Morgan fingerprint density at radius 3 is 2.57 bits per heavy atom. The fourth-order valence-electron chi connectivity index (χ4n) is 3.26. The van der Waals surface area contributed by atoms with Crippen LogP contribution in [0.25, 0.3) is 17.0 Å². The summed E-state index contributed by atoms with van der Waals surface area (Å²) < 4.78 is 10.5. The van der Waals surface area contributed by atoms with Gasteiger partial charge in [0.1, 0.15) is 0 Å². The van der Waals surface area contributed by atoms with E-state index in [-0.39, 0.29) is 11.5 Å². The van der Waals surface area contributed by atoms with E-state index in [1.807, 2.05) is 38.1 Å². The number of H-pyrrole nitrogens is 1. The number of aromatic nitrogens is 1. The van der Waals surface area contributed by atoms with Crippen molar-refractivity contribution in [3.8, 4) is 11.5 Å². The average Bonchev–Trinajstić information content (AvgIpc) is 2.75. The molecule has 0 aliphatic heterocycles. The summed E-state index contributed by atoms with van der Waals surface area (Å²) in [7, 11) is 3.14. The third kappa shape index (κ3) is 4.71. The lowest BCUT2D eigenvalue weighted by atomic mass is 10.0. The van der Waals surface area contributed by atoms with E-state index in [1.54, 1.807) is 32.4 Å². The Balaban J connectivity index is 1.62. The highest BCUT2D eigenvalue weighted by molar-refractivity contribution is 5.91. The molecule has 0 saturated heterocycles. The Labute approximate surface area is 175 Å². The van der Waals surface area contributed by atoms with Crippen LogP contribution >= 0.6 is 0 Å². The second-order valence-electron chi connectivity index (χ2n) is 7.08. The van der Waals surface area contributed by atoms with Crippen LogP contribution in [0.4, 0.5) is 0 Å². The van der Waals surface area contributed by atoms with Gasteiger partial charge in [-0.1, -0.05) is 18.2 Å². The number of ether oxygens (including phenoxy) is 2. The van der Waals surface area contributed by atoms with Gasteiger partial charge in [0, 0.05) is 18.2 Å². The normalized spacial score (nSPS) is 11.1. The van der Waals surface area contributed by atoms with E-state index in [4.69, 9.17) is 9.47 Å². The fraction of sp³-hybridized carbons (Fsp3) is 0.250. The van der Waals surface area contributed by atoms with Gasteiger partial charge in [-0.2, -0.15) is 0 Å². The molecular formula is C24H26N2O4. The first-order valence-electron chi connectivity index (χ1n) is 9.73. The molecular weight excluding hydrogens is 380 g/mol.